The molecule has 1 aromatic heterocycles. The Hall–Kier alpha value is -2.96. The Labute approximate surface area is 120 Å². The Bertz CT molecular complexity index is 614. The number of ether oxygens (including phenoxy) is 2. The number of methoxy groups -OCH3 is 1. The van der Waals surface area contributed by atoms with Gasteiger partial charge in [0, 0.05) is 18.1 Å². The maximum absolute atomic E-state index is 11.8. The number of esters is 1. The molecule has 0 aliphatic heterocycles. The maximum atomic E-state index is 11.8. The number of anilines is 1. The van der Waals surface area contributed by atoms with E-state index in [9.17, 15) is 9.59 Å². The molecule has 108 valence electrons. The van der Waals surface area contributed by atoms with E-state index in [2.05, 4.69) is 20.0 Å². The van der Waals surface area contributed by atoms with Crippen molar-refractivity contribution in [3.8, 4) is 5.75 Å². The largest absolute Gasteiger partial charge is 0.482 e. The van der Waals surface area contributed by atoms with Crippen molar-refractivity contribution in [2.75, 3.05) is 19.0 Å². The number of amides is 1. The quantitative estimate of drug-likeness (QED) is 0.833. The maximum Gasteiger partial charge on any atom is 0.343 e. The average molecular weight is 287 g/mol. The minimum absolute atomic E-state index is 0.165. The summed E-state index contributed by atoms with van der Waals surface area (Å²) in [5.41, 5.74) is 0.805. The van der Waals surface area contributed by atoms with Gasteiger partial charge in [-0.05, 0) is 24.3 Å². The Morgan fingerprint density at radius 3 is 2.57 bits per heavy atom. The van der Waals surface area contributed by atoms with Crippen molar-refractivity contribution in [3.63, 3.8) is 0 Å². The second-order valence-electron chi connectivity index (χ2n) is 3.93. The SMILES string of the molecule is COC(=O)COc1ccc(NC(=O)c2cnccn2)cc1. The summed E-state index contributed by atoms with van der Waals surface area (Å²) in [6.07, 6.45) is 4.31. The molecule has 0 spiro atoms. The summed E-state index contributed by atoms with van der Waals surface area (Å²) in [5, 5.41) is 2.67. The normalized spacial score (nSPS) is 9.76. The Morgan fingerprint density at radius 2 is 1.95 bits per heavy atom. The highest BCUT2D eigenvalue weighted by molar-refractivity contribution is 6.02. The lowest BCUT2D eigenvalue weighted by Crippen LogP contribution is -2.14. The zero-order valence-electron chi connectivity index (χ0n) is 11.3. The first-order valence-corrected chi connectivity index (χ1v) is 6.06. The predicted octanol–water partition coefficient (Wildman–Crippen LogP) is 1.28. The van der Waals surface area contributed by atoms with Gasteiger partial charge in [0.05, 0.1) is 13.3 Å². The van der Waals surface area contributed by atoms with Gasteiger partial charge >= 0.3 is 5.97 Å². The summed E-state index contributed by atoms with van der Waals surface area (Å²) in [4.78, 5) is 30.5. The fourth-order valence-electron chi connectivity index (χ4n) is 1.45. The molecule has 0 aliphatic carbocycles. The summed E-state index contributed by atoms with van der Waals surface area (Å²) in [5.74, 6) is -0.320. The van der Waals surface area contributed by atoms with E-state index in [0.29, 0.717) is 11.4 Å². The van der Waals surface area contributed by atoms with Gasteiger partial charge < -0.3 is 14.8 Å². The molecule has 1 aromatic carbocycles. The molecule has 2 aromatic rings. The van der Waals surface area contributed by atoms with Crippen LogP contribution in [0.25, 0.3) is 0 Å². The van der Waals surface area contributed by atoms with Gasteiger partial charge in [0.15, 0.2) is 6.61 Å². The fourth-order valence-corrected chi connectivity index (χ4v) is 1.45. The van der Waals surface area contributed by atoms with Crippen molar-refractivity contribution in [1.82, 2.24) is 9.97 Å². The second-order valence-corrected chi connectivity index (χ2v) is 3.93. The molecule has 1 heterocycles. The summed E-state index contributed by atoms with van der Waals surface area (Å²) in [6.45, 7) is -0.165. The zero-order valence-corrected chi connectivity index (χ0v) is 11.3. The molecular formula is C14H13N3O4. The van der Waals surface area contributed by atoms with Crippen molar-refractivity contribution >= 4 is 17.6 Å². The van der Waals surface area contributed by atoms with Gasteiger partial charge in [-0.3, -0.25) is 9.78 Å². The summed E-state index contributed by atoms with van der Waals surface area (Å²) in [6, 6.07) is 6.58. The lowest BCUT2D eigenvalue weighted by atomic mass is 10.3. The smallest absolute Gasteiger partial charge is 0.343 e. The van der Waals surface area contributed by atoms with Crippen LogP contribution in [0, 0.1) is 0 Å². The number of hydrogen-bond donors (Lipinski definition) is 1. The topological polar surface area (TPSA) is 90.4 Å². The highest BCUT2D eigenvalue weighted by atomic mass is 16.6. The average Bonchev–Trinajstić information content (AvgIpc) is 2.54. The highest BCUT2D eigenvalue weighted by Gasteiger charge is 2.07. The standard InChI is InChI=1S/C14H13N3O4/c1-20-13(18)9-21-11-4-2-10(3-5-11)17-14(19)12-8-15-6-7-16-12/h2-8H,9H2,1H3,(H,17,19). The first-order chi connectivity index (χ1) is 10.2. The predicted molar refractivity (Wildman–Crippen MR) is 73.9 cm³/mol. The number of carbonyl (C=O) groups is 2. The Balaban J connectivity index is 1.93. The minimum Gasteiger partial charge on any atom is -0.482 e. The van der Waals surface area contributed by atoms with Crippen LogP contribution in [0.5, 0.6) is 5.75 Å². The van der Waals surface area contributed by atoms with E-state index >= 15 is 0 Å². The van der Waals surface area contributed by atoms with Crippen molar-refractivity contribution in [2.24, 2.45) is 0 Å². The minimum atomic E-state index is -0.463. The third-order valence-corrected chi connectivity index (χ3v) is 2.49. The first kappa shape index (κ1) is 14.4. The van der Waals surface area contributed by atoms with Crippen molar-refractivity contribution < 1.29 is 19.1 Å². The van der Waals surface area contributed by atoms with Gasteiger partial charge in [0.2, 0.25) is 0 Å². The van der Waals surface area contributed by atoms with E-state index in [1.54, 1.807) is 24.3 Å². The summed E-state index contributed by atoms with van der Waals surface area (Å²) in [7, 11) is 1.29. The van der Waals surface area contributed by atoms with Crippen LogP contribution in [0.2, 0.25) is 0 Å². The van der Waals surface area contributed by atoms with Gasteiger partial charge in [-0.15, -0.1) is 0 Å². The Kier molecular flexibility index (Phi) is 4.81. The lowest BCUT2D eigenvalue weighted by Gasteiger charge is -2.07. The molecule has 0 fully saturated rings. The molecule has 0 radical (unpaired) electrons. The number of nitrogens with zero attached hydrogens (tertiary/aromatic N) is 2. The number of hydrogen-bond acceptors (Lipinski definition) is 6. The van der Waals surface area contributed by atoms with E-state index in [0.717, 1.165) is 0 Å². The molecule has 1 N–H and O–H groups in total. The number of rotatable bonds is 5. The molecule has 21 heavy (non-hydrogen) atoms. The van der Waals surface area contributed by atoms with Gasteiger partial charge in [0.25, 0.3) is 5.91 Å². The molecular weight excluding hydrogens is 274 g/mol. The Morgan fingerprint density at radius 1 is 1.19 bits per heavy atom. The van der Waals surface area contributed by atoms with E-state index in [1.165, 1.54) is 25.7 Å². The van der Waals surface area contributed by atoms with Gasteiger partial charge in [-0.2, -0.15) is 0 Å². The summed E-state index contributed by atoms with van der Waals surface area (Å²) < 4.78 is 9.66. The van der Waals surface area contributed by atoms with Crippen LogP contribution in [-0.4, -0.2) is 35.6 Å². The summed E-state index contributed by atoms with van der Waals surface area (Å²) >= 11 is 0. The molecule has 1 amide bonds. The number of nitrogens with one attached hydrogen (secondary N) is 1. The molecule has 0 aliphatic rings. The third-order valence-electron chi connectivity index (χ3n) is 2.49. The zero-order chi connectivity index (χ0) is 15.1. The van der Waals surface area contributed by atoms with Gasteiger partial charge in [-0.1, -0.05) is 0 Å². The van der Waals surface area contributed by atoms with E-state index in [1.807, 2.05) is 0 Å². The number of aromatic nitrogens is 2. The van der Waals surface area contributed by atoms with Crippen molar-refractivity contribution in [2.45, 2.75) is 0 Å². The fraction of sp³-hybridized carbons (Fsp3) is 0.143. The molecule has 0 saturated heterocycles. The van der Waals surface area contributed by atoms with Crippen LogP contribution in [-0.2, 0) is 9.53 Å². The third kappa shape index (κ3) is 4.27. The van der Waals surface area contributed by atoms with Gasteiger partial charge in [0.1, 0.15) is 11.4 Å². The molecule has 2 rings (SSSR count). The van der Waals surface area contributed by atoms with Crippen LogP contribution in [0.15, 0.2) is 42.9 Å². The molecule has 0 unspecified atom stereocenters. The molecule has 7 nitrogen and oxygen atoms in total. The van der Waals surface area contributed by atoms with Crippen LogP contribution in [0.3, 0.4) is 0 Å². The molecule has 0 saturated carbocycles. The van der Waals surface area contributed by atoms with Crippen LogP contribution in [0.4, 0.5) is 5.69 Å². The van der Waals surface area contributed by atoms with E-state index in [4.69, 9.17) is 4.74 Å². The lowest BCUT2D eigenvalue weighted by molar-refractivity contribution is -0.142. The van der Waals surface area contributed by atoms with Crippen LogP contribution < -0.4 is 10.1 Å². The number of carbonyl (C=O) groups excluding carboxylic acids is 2. The van der Waals surface area contributed by atoms with Crippen LogP contribution in [0.1, 0.15) is 10.5 Å². The highest BCUT2D eigenvalue weighted by Crippen LogP contribution is 2.16. The van der Waals surface area contributed by atoms with E-state index < -0.39 is 5.97 Å². The van der Waals surface area contributed by atoms with Gasteiger partial charge in [-0.25, -0.2) is 9.78 Å². The van der Waals surface area contributed by atoms with Crippen LogP contribution >= 0.6 is 0 Å². The molecule has 0 bridgehead atoms. The molecule has 7 heteroatoms. The second kappa shape index (κ2) is 6.99. The van der Waals surface area contributed by atoms with Crippen molar-refractivity contribution in [3.05, 3.63) is 48.5 Å². The van der Waals surface area contributed by atoms with E-state index in [-0.39, 0.29) is 18.2 Å². The molecule has 0 atom stereocenters. The number of benzene rings is 1. The monoisotopic (exact) mass is 287 g/mol. The first-order valence-electron chi connectivity index (χ1n) is 6.06. The van der Waals surface area contributed by atoms with Crippen molar-refractivity contribution in [1.29, 1.82) is 0 Å².